The molecule has 2 aliphatic rings. The number of hydrogen-bond acceptors (Lipinski definition) is 2. The SMILES string of the molecule is c1cc2oc1cc2C1CC2CCC1N2. The molecule has 2 nitrogen and oxygen atoms in total. The van der Waals surface area contributed by atoms with Gasteiger partial charge >= 0.3 is 0 Å². The highest BCUT2D eigenvalue weighted by atomic mass is 16.3. The summed E-state index contributed by atoms with van der Waals surface area (Å²) in [5.74, 6) is 0.714. The fourth-order valence-electron chi connectivity index (χ4n) is 3.27. The first-order valence-corrected chi connectivity index (χ1v) is 5.48. The molecule has 4 rings (SSSR count). The van der Waals surface area contributed by atoms with Crippen molar-refractivity contribution in [3.8, 4) is 0 Å². The van der Waals surface area contributed by atoms with E-state index in [-0.39, 0.29) is 0 Å². The van der Waals surface area contributed by atoms with E-state index in [1.807, 2.05) is 0 Å². The van der Waals surface area contributed by atoms with Crippen LogP contribution in [-0.2, 0) is 0 Å². The zero-order valence-electron chi connectivity index (χ0n) is 7.99. The zero-order valence-corrected chi connectivity index (χ0v) is 7.99. The van der Waals surface area contributed by atoms with Crippen molar-refractivity contribution in [2.75, 3.05) is 0 Å². The fourth-order valence-corrected chi connectivity index (χ4v) is 3.27. The van der Waals surface area contributed by atoms with E-state index in [0.29, 0.717) is 5.92 Å². The number of nitrogens with one attached hydrogen (secondary N) is 1. The Morgan fingerprint density at radius 2 is 2.29 bits per heavy atom. The molecule has 2 aromatic heterocycles. The van der Waals surface area contributed by atoms with Crippen LogP contribution in [0.25, 0.3) is 11.2 Å². The molecule has 2 aliphatic heterocycles. The van der Waals surface area contributed by atoms with Crippen LogP contribution < -0.4 is 5.32 Å². The summed E-state index contributed by atoms with van der Waals surface area (Å²) in [5.41, 5.74) is 3.60. The molecule has 0 saturated carbocycles. The standard InChI is InChI=1S/C12H13NO/c1-3-11-9(5-7(1)13-11)10-6-8-2-4-12(10)14-8/h2,4,6-7,9,11,13H,1,3,5H2. The normalized spacial score (nSPS) is 36.1. The molecule has 72 valence electrons. The maximum absolute atomic E-state index is 5.61. The van der Waals surface area contributed by atoms with E-state index in [0.717, 1.165) is 23.2 Å². The molecule has 0 amide bonds. The van der Waals surface area contributed by atoms with E-state index in [1.54, 1.807) is 0 Å². The van der Waals surface area contributed by atoms with Crippen molar-refractivity contribution >= 4 is 11.2 Å². The smallest absolute Gasteiger partial charge is 0.131 e. The molecular weight excluding hydrogens is 174 g/mol. The Balaban J connectivity index is 1.78. The second kappa shape index (κ2) is 2.31. The number of furan rings is 2. The minimum Gasteiger partial charge on any atom is -0.457 e. The fraction of sp³-hybridized carbons (Fsp3) is 0.500. The molecule has 1 N–H and O–H groups in total. The van der Waals surface area contributed by atoms with Crippen LogP contribution in [0.5, 0.6) is 0 Å². The highest BCUT2D eigenvalue weighted by Gasteiger charge is 2.40. The van der Waals surface area contributed by atoms with Crippen LogP contribution >= 0.6 is 0 Å². The maximum atomic E-state index is 5.61. The van der Waals surface area contributed by atoms with Gasteiger partial charge in [0.25, 0.3) is 0 Å². The molecule has 3 unspecified atom stereocenters. The van der Waals surface area contributed by atoms with Crippen molar-refractivity contribution < 1.29 is 4.42 Å². The van der Waals surface area contributed by atoms with Crippen LogP contribution in [0.15, 0.2) is 22.6 Å². The summed E-state index contributed by atoms with van der Waals surface area (Å²) in [6.45, 7) is 0. The van der Waals surface area contributed by atoms with Gasteiger partial charge in [0.1, 0.15) is 11.2 Å². The lowest BCUT2D eigenvalue weighted by atomic mass is 9.84. The van der Waals surface area contributed by atoms with Crippen LogP contribution in [0, 0.1) is 0 Å². The Morgan fingerprint density at radius 1 is 1.29 bits per heavy atom. The predicted octanol–water partition coefficient (Wildman–Crippen LogP) is 2.48. The third kappa shape index (κ3) is 0.800. The average molecular weight is 187 g/mol. The van der Waals surface area contributed by atoms with Gasteiger partial charge in [-0.3, -0.25) is 0 Å². The summed E-state index contributed by atoms with van der Waals surface area (Å²) < 4.78 is 5.61. The zero-order chi connectivity index (χ0) is 9.12. The van der Waals surface area contributed by atoms with Crippen LogP contribution in [0.1, 0.15) is 30.7 Å². The number of benzene rings is 1. The van der Waals surface area contributed by atoms with Crippen LogP contribution in [0.4, 0.5) is 0 Å². The lowest BCUT2D eigenvalue weighted by Gasteiger charge is -2.18. The topological polar surface area (TPSA) is 25.2 Å². The molecule has 0 aliphatic carbocycles. The van der Waals surface area contributed by atoms with Gasteiger partial charge in [0.15, 0.2) is 0 Å². The molecule has 14 heavy (non-hydrogen) atoms. The number of hydrogen-bond donors (Lipinski definition) is 1. The van der Waals surface area contributed by atoms with Crippen molar-refractivity contribution in [1.82, 2.24) is 5.32 Å². The van der Waals surface area contributed by atoms with E-state index in [4.69, 9.17) is 4.42 Å². The monoisotopic (exact) mass is 187 g/mol. The lowest BCUT2D eigenvalue weighted by molar-refractivity contribution is 0.506. The summed E-state index contributed by atoms with van der Waals surface area (Å²) in [4.78, 5) is 0. The summed E-state index contributed by atoms with van der Waals surface area (Å²) in [7, 11) is 0. The molecule has 4 heterocycles. The van der Waals surface area contributed by atoms with E-state index in [9.17, 15) is 0 Å². The van der Waals surface area contributed by atoms with Crippen molar-refractivity contribution in [2.45, 2.75) is 37.3 Å². The van der Waals surface area contributed by atoms with Gasteiger partial charge in [-0.15, -0.1) is 0 Å². The van der Waals surface area contributed by atoms with Crippen molar-refractivity contribution in [3.63, 3.8) is 0 Å². The Labute approximate surface area is 82.6 Å². The summed E-state index contributed by atoms with van der Waals surface area (Å²) in [6.07, 6.45) is 4.03. The first-order valence-electron chi connectivity index (χ1n) is 5.48. The molecular formula is C12H13NO. The third-order valence-electron chi connectivity index (χ3n) is 3.91. The predicted molar refractivity (Wildman–Crippen MR) is 54.7 cm³/mol. The number of rotatable bonds is 1. The largest absolute Gasteiger partial charge is 0.457 e. The summed E-state index contributed by atoms with van der Waals surface area (Å²) in [6, 6.07) is 7.88. The Bertz CT molecular complexity index is 461. The second-order valence-corrected chi connectivity index (χ2v) is 4.69. The maximum Gasteiger partial charge on any atom is 0.131 e. The minimum atomic E-state index is 0.714. The van der Waals surface area contributed by atoms with Gasteiger partial charge in [-0.25, -0.2) is 0 Å². The van der Waals surface area contributed by atoms with Gasteiger partial charge in [0.2, 0.25) is 0 Å². The first-order chi connectivity index (χ1) is 6.90. The van der Waals surface area contributed by atoms with Crippen LogP contribution in [0.3, 0.4) is 0 Å². The van der Waals surface area contributed by atoms with Crippen molar-refractivity contribution in [1.29, 1.82) is 0 Å². The molecule has 2 saturated heterocycles. The van der Waals surface area contributed by atoms with Gasteiger partial charge in [-0.05, 0) is 37.5 Å². The van der Waals surface area contributed by atoms with Gasteiger partial charge in [-0.1, -0.05) is 0 Å². The summed E-state index contributed by atoms with van der Waals surface area (Å²) >= 11 is 0. The van der Waals surface area contributed by atoms with Crippen molar-refractivity contribution in [3.05, 3.63) is 23.8 Å². The quantitative estimate of drug-likeness (QED) is 0.742. The van der Waals surface area contributed by atoms with E-state index in [1.165, 1.54) is 24.8 Å². The van der Waals surface area contributed by atoms with Crippen LogP contribution in [0.2, 0.25) is 0 Å². The molecule has 0 radical (unpaired) electrons. The van der Waals surface area contributed by atoms with E-state index < -0.39 is 0 Å². The lowest BCUT2D eigenvalue weighted by Crippen LogP contribution is -2.21. The molecule has 2 fully saturated rings. The Morgan fingerprint density at radius 3 is 2.86 bits per heavy atom. The van der Waals surface area contributed by atoms with Gasteiger partial charge in [0.05, 0.1) is 0 Å². The van der Waals surface area contributed by atoms with Gasteiger partial charge < -0.3 is 9.73 Å². The second-order valence-electron chi connectivity index (χ2n) is 4.69. The molecule has 2 heteroatoms. The molecule has 3 atom stereocenters. The van der Waals surface area contributed by atoms with Gasteiger partial charge in [-0.2, -0.15) is 0 Å². The molecule has 4 bridgehead atoms. The first kappa shape index (κ1) is 7.30. The highest BCUT2D eigenvalue weighted by molar-refractivity contribution is 5.67. The van der Waals surface area contributed by atoms with Crippen LogP contribution in [-0.4, -0.2) is 12.1 Å². The van der Waals surface area contributed by atoms with E-state index >= 15 is 0 Å². The average Bonchev–Trinajstić information content (AvgIpc) is 2.96. The molecule has 2 aromatic rings. The summed E-state index contributed by atoms with van der Waals surface area (Å²) in [5, 5.41) is 3.67. The minimum absolute atomic E-state index is 0.714. The van der Waals surface area contributed by atoms with E-state index in [2.05, 4.69) is 23.5 Å². The highest BCUT2D eigenvalue weighted by Crippen LogP contribution is 2.43. The Hall–Kier alpha value is -1.02. The van der Waals surface area contributed by atoms with Crippen molar-refractivity contribution in [2.24, 2.45) is 0 Å². The Kier molecular flexibility index (Phi) is 1.21. The molecule has 0 aromatic carbocycles. The third-order valence-corrected chi connectivity index (χ3v) is 3.91. The number of fused-ring (bicyclic) bond motifs is 4. The van der Waals surface area contributed by atoms with Gasteiger partial charge in [0, 0.05) is 23.6 Å². The molecule has 0 spiro atoms.